The smallest absolute Gasteiger partial charge is 0.169 e. The first-order chi connectivity index (χ1) is 11.8. The number of fused-ring (bicyclic) bond motifs is 1. The lowest BCUT2D eigenvalue weighted by atomic mass is 10.1. The molecule has 3 heterocycles. The molecule has 122 valence electrons. The molecular formula is C19H19N3OS. The summed E-state index contributed by atoms with van der Waals surface area (Å²) in [4.78, 5) is 12.9. The molecule has 0 bridgehead atoms. The highest BCUT2D eigenvalue weighted by atomic mass is 32.1. The van der Waals surface area contributed by atoms with Crippen LogP contribution in [0.1, 0.15) is 16.8 Å². The van der Waals surface area contributed by atoms with Gasteiger partial charge in [0.2, 0.25) is 0 Å². The van der Waals surface area contributed by atoms with Gasteiger partial charge in [-0.25, -0.2) is 9.97 Å². The highest BCUT2D eigenvalue weighted by Crippen LogP contribution is 2.25. The van der Waals surface area contributed by atoms with E-state index in [-0.39, 0.29) is 0 Å². The topological polar surface area (TPSA) is 38.2 Å². The third-order valence-electron chi connectivity index (χ3n) is 4.33. The van der Waals surface area contributed by atoms with E-state index < -0.39 is 0 Å². The molecule has 4 rings (SSSR count). The number of aromatic nitrogens is 2. The van der Waals surface area contributed by atoms with Crippen molar-refractivity contribution in [2.24, 2.45) is 0 Å². The Hall–Kier alpha value is -2.24. The number of hydrogen-bond donors (Lipinski definition) is 0. The van der Waals surface area contributed by atoms with Crippen LogP contribution in [0, 0.1) is 0 Å². The second-order valence-electron chi connectivity index (χ2n) is 5.95. The maximum Gasteiger partial charge on any atom is 0.169 e. The number of thiophene rings is 1. The number of methoxy groups -OCH3 is 1. The molecule has 1 aliphatic rings. The van der Waals surface area contributed by atoms with E-state index in [9.17, 15) is 0 Å². The summed E-state index contributed by atoms with van der Waals surface area (Å²) in [6, 6.07) is 12.4. The quantitative estimate of drug-likeness (QED) is 0.726. The molecule has 0 fully saturated rings. The predicted octanol–water partition coefficient (Wildman–Crippen LogP) is 3.77. The van der Waals surface area contributed by atoms with Crippen LogP contribution in [0.2, 0.25) is 0 Å². The normalized spacial score (nSPS) is 14.4. The van der Waals surface area contributed by atoms with Crippen LogP contribution in [0.15, 0.2) is 48.0 Å². The summed E-state index contributed by atoms with van der Waals surface area (Å²) in [5.74, 6) is 1.74. The van der Waals surface area contributed by atoms with Crippen molar-refractivity contribution in [3.63, 3.8) is 0 Å². The molecule has 4 nitrogen and oxygen atoms in total. The fourth-order valence-corrected chi connectivity index (χ4v) is 3.67. The lowest BCUT2D eigenvalue weighted by Gasteiger charge is -2.28. The van der Waals surface area contributed by atoms with Crippen LogP contribution in [0.3, 0.4) is 0 Å². The molecule has 3 aromatic rings. The summed E-state index contributed by atoms with van der Waals surface area (Å²) >= 11 is 1.68. The molecular weight excluding hydrogens is 318 g/mol. The molecule has 0 saturated heterocycles. The Bertz CT molecular complexity index is 815. The maximum atomic E-state index is 5.22. The first kappa shape index (κ1) is 15.3. The van der Waals surface area contributed by atoms with Crippen LogP contribution < -0.4 is 4.74 Å². The average Bonchev–Trinajstić information content (AvgIpc) is 3.16. The highest BCUT2D eigenvalue weighted by molar-refractivity contribution is 7.13. The molecule has 0 spiro atoms. The van der Waals surface area contributed by atoms with E-state index in [0.717, 1.165) is 48.2 Å². The van der Waals surface area contributed by atoms with Crippen LogP contribution >= 0.6 is 11.3 Å². The average molecular weight is 337 g/mol. The number of ether oxygens (including phenoxy) is 1. The first-order valence-corrected chi connectivity index (χ1v) is 8.94. The molecule has 1 aliphatic heterocycles. The molecule has 0 aliphatic carbocycles. The van der Waals surface area contributed by atoms with Crippen molar-refractivity contribution in [1.82, 2.24) is 14.9 Å². The van der Waals surface area contributed by atoms with Gasteiger partial charge < -0.3 is 4.74 Å². The summed E-state index contributed by atoms with van der Waals surface area (Å²) in [6.45, 7) is 2.85. The zero-order valence-electron chi connectivity index (χ0n) is 13.6. The molecule has 0 radical (unpaired) electrons. The molecule has 1 aromatic carbocycles. The number of nitrogens with zero attached hydrogens (tertiary/aromatic N) is 3. The van der Waals surface area contributed by atoms with Gasteiger partial charge in [-0.2, -0.15) is 0 Å². The fourth-order valence-electron chi connectivity index (χ4n) is 3.01. The van der Waals surface area contributed by atoms with E-state index in [1.54, 1.807) is 18.4 Å². The van der Waals surface area contributed by atoms with E-state index in [1.165, 1.54) is 11.1 Å². The molecule has 0 amide bonds. The first-order valence-electron chi connectivity index (χ1n) is 8.06. The molecule has 0 atom stereocenters. The summed E-state index contributed by atoms with van der Waals surface area (Å²) in [5.41, 5.74) is 3.74. The molecule has 0 unspecified atom stereocenters. The van der Waals surface area contributed by atoms with Gasteiger partial charge in [0.25, 0.3) is 0 Å². The van der Waals surface area contributed by atoms with E-state index in [4.69, 9.17) is 9.72 Å². The summed E-state index contributed by atoms with van der Waals surface area (Å²) in [7, 11) is 1.70. The Balaban J connectivity index is 1.50. The largest absolute Gasteiger partial charge is 0.497 e. The minimum absolute atomic E-state index is 0.843. The summed E-state index contributed by atoms with van der Waals surface area (Å²) in [5, 5.41) is 2.06. The van der Waals surface area contributed by atoms with Gasteiger partial charge in [-0.05, 0) is 41.1 Å². The SMILES string of the molecule is COc1ccc(CN2CCc3cnc(-c4cccs4)nc3C2)cc1. The van der Waals surface area contributed by atoms with Gasteiger partial charge in [0.1, 0.15) is 5.75 Å². The third kappa shape index (κ3) is 3.18. The second-order valence-corrected chi connectivity index (χ2v) is 6.90. The van der Waals surface area contributed by atoms with Crippen molar-refractivity contribution in [2.45, 2.75) is 19.5 Å². The second kappa shape index (κ2) is 6.71. The van der Waals surface area contributed by atoms with Crippen LogP contribution in [0.5, 0.6) is 5.75 Å². The van der Waals surface area contributed by atoms with Gasteiger partial charge in [-0.3, -0.25) is 4.90 Å². The number of benzene rings is 1. The Morgan fingerprint density at radius 2 is 2.08 bits per heavy atom. The van der Waals surface area contributed by atoms with Crippen LogP contribution in [0.25, 0.3) is 10.7 Å². The lowest BCUT2D eigenvalue weighted by Crippen LogP contribution is -2.31. The Morgan fingerprint density at radius 3 is 2.83 bits per heavy atom. The Morgan fingerprint density at radius 1 is 1.21 bits per heavy atom. The number of hydrogen-bond acceptors (Lipinski definition) is 5. The zero-order chi connectivity index (χ0) is 16.4. The van der Waals surface area contributed by atoms with Crippen molar-refractivity contribution >= 4 is 11.3 Å². The summed E-state index contributed by atoms with van der Waals surface area (Å²) < 4.78 is 5.22. The van der Waals surface area contributed by atoms with E-state index in [0.29, 0.717) is 0 Å². The third-order valence-corrected chi connectivity index (χ3v) is 5.20. The molecule has 2 aromatic heterocycles. The minimum atomic E-state index is 0.843. The van der Waals surface area contributed by atoms with Crippen molar-refractivity contribution in [1.29, 1.82) is 0 Å². The summed E-state index contributed by atoms with van der Waals surface area (Å²) in [6.07, 6.45) is 3.01. The molecule has 5 heteroatoms. The Labute approximate surface area is 145 Å². The van der Waals surface area contributed by atoms with E-state index >= 15 is 0 Å². The maximum absolute atomic E-state index is 5.22. The predicted molar refractivity (Wildman–Crippen MR) is 96.2 cm³/mol. The Kier molecular flexibility index (Phi) is 4.28. The van der Waals surface area contributed by atoms with Gasteiger partial charge in [0.05, 0.1) is 17.7 Å². The van der Waals surface area contributed by atoms with Gasteiger partial charge in [-0.15, -0.1) is 11.3 Å². The van der Waals surface area contributed by atoms with Crippen molar-refractivity contribution in [3.8, 4) is 16.5 Å². The molecule has 0 saturated carbocycles. The number of rotatable bonds is 4. The van der Waals surface area contributed by atoms with Crippen molar-refractivity contribution < 1.29 is 4.74 Å². The standard InChI is InChI=1S/C19H19N3OS/c1-23-16-6-4-14(5-7-16)12-22-9-8-15-11-20-19(21-17(15)13-22)18-3-2-10-24-18/h2-7,10-11H,8-9,12-13H2,1H3. The molecule has 24 heavy (non-hydrogen) atoms. The van der Waals surface area contributed by atoms with Gasteiger partial charge in [0.15, 0.2) is 5.82 Å². The van der Waals surface area contributed by atoms with Crippen molar-refractivity contribution in [2.75, 3.05) is 13.7 Å². The van der Waals surface area contributed by atoms with Gasteiger partial charge >= 0.3 is 0 Å². The molecule has 0 N–H and O–H groups in total. The van der Waals surface area contributed by atoms with Crippen LogP contribution in [-0.4, -0.2) is 28.5 Å². The minimum Gasteiger partial charge on any atom is -0.497 e. The van der Waals surface area contributed by atoms with E-state index in [2.05, 4.69) is 33.5 Å². The lowest BCUT2D eigenvalue weighted by molar-refractivity contribution is 0.241. The van der Waals surface area contributed by atoms with Gasteiger partial charge in [0, 0.05) is 25.8 Å². The van der Waals surface area contributed by atoms with Gasteiger partial charge in [-0.1, -0.05) is 18.2 Å². The zero-order valence-corrected chi connectivity index (χ0v) is 14.4. The highest BCUT2D eigenvalue weighted by Gasteiger charge is 2.19. The fraction of sp³-hybridized carbons (Fsp3) is 0.263. The van der Waals surface area contributed by atoms with E-state index in [1.807, 2.05) is 24.4 Å². The van der Waals surface area contributed by atoms with Crippen LogP contribution in [0.4, 0.5) is 0 Å². The van der Waals surface area contributed by atoms with Crippen LogP contribution in [-0.2, 0) is 19.5 Å². The van der Waals surface area contributed by atoms with Crippen molar-refractivity contribution in [3.05, 3.63) is 64.8 Å². The monoisotopic (exact) mass is 337 g/mol.